The van der Waals surface area contributed by atoms with Gasteiger partial charge < -0.3 is 9.80 Å². The molecule has 2 heterocycles. The van der Waals surface area contributed by atoms with Crippen LogP contribution in [0.15, 0.2) is 31.1 Å². The van der Waals surface area contributed by atoms with Crippen LogP contribution in [0.2, 0.25) is 0 Å². The molecule has 0 spiro atoms. The summed E-state index contributed by atoms with van der Waals surface area (Å²) in [5, 5.41) is 10.9. The highest BCUT2D eigenvalue weighted by atomic mass is 16.6. The number of carbonyl (C=O) groups excluding carboxylic acids is 1. The van der Waals surface area contributed by atoms with Crippen LogP contribution in [0.4, 0.5) is 11.4 Å². The van der Waals surface area contributed by atoms with Gasteiger partial charge in [0.1, 0.15) is 11.9 Å². The molecule has 1 saturated heterocycles. The number of carbonyl (C=O) groups is 1. The molecular weight excluding hydrogens is 248 g/mol. The number of aromatic nitrogens is 1. The van der Waals surface area contributed by atoms with Crippen molar-refractivity contribution < 1.29 is 9.72 Å². The minimum absolute atomic E-state index is 0.00834. The van der Waals surface area contributed by atoms with Gasteiger partial charge in [-0.1, -0.05) is 6.58 Å². The molecule has 2 rings (SSSR count). The Balaban J connectivity index is 2.12. The highest BCUT2D eigenvalue weighted by molar-refractivity contribution is 5.87. The fraction of sp³-hybridized carbons (Fsp3) is 0.333. The maximum atomic E-state index is 11.5. The predicted octanol–water partition coefficient (Wildman–Crippen LogP) is 0.824. The number of rotatable bonds is 3. The van der Waals surface area contributed by atoms with E-state index in [0.29, 0.717) is 31.9 Å². The smallest absolute Gasteiger partial charge is 0.310 e. The van der Waals surface area contributed by atoms with Crippen molar-refractivity contribution in [2.45, 2.75) is 0 Å². The Labute approximate surface area is 110 Å². The van der Waals surface area contributed by atoms with Crippen LogP contribution in [0.25, 0.3) is 0 Å². The van der Waals surface area contributed by atoms with E-state index in [1.807, 2.05) is 4.90 Å². The summed E-state index contributed by atoms with van der Waals surface area (Å²) < 4.78 is 0. The van der Waals surface area contributed by atoms with Crippen LogP contribution in [0.3, 0.4) is 0 Å². The maximum Gasteiger partial charge on any atom is 0.310 e. The van der Waals surface area contributed by atoms with Crippen molar-refractivity contribution in [2.24, 2.45) is 0 Å². The second kappa shape index (κ2) is 5.47. The molecule has 0 aliphatic carbocycles. The molecule has 0 radical (unpaired) electrons. The molecule has 0 bridgehead atoms. The van der Waals surface area contributed by atoms with Crippen LogP contribution >= 0.6 is 0 Å². The first-order valence-electron chi connectivity index (χ1n) is 5.88. The lowest BCUT2D eigenvalue weighted by Gasteiger charge is -2.35. The summed E-state index contributed by atoms with van der Waals surface area (Å²) in [7, 11) is 0. The standard InChI is InChI=1S/C12H14N4O3/c1-2-12(17)15-7-5-14(6-8-15)10-3-4-13-9-11(10)16(18)19/h2-4,9H,1,5-8H2. The lowest BCUT2D eigenvalue weighted by atomic mass is 10.2. The number of anilines is 1. The van der Waals surface area contributed by atoms with Crippen molar-refractivity contribution in [2.75, 3.05) is 31.1 Å². The van der Waals surface area contributed by atoms with E-state index in [2.05, 4.69) is 11.6 Å². The maximum absolute atomic E-state index is 11.5. The summed E-state index contributed by atoms with van der Waals surface area (Å²) in [6.07, 6.45) is 4.06. The first-order valence-corrected chi connectivity index (χ1v) is 5.88. The van der Waals surface area contributed by atoms with Crippen LogP contribution in [0.1, 0.15) is 0 Å². The van der Waals surface area contributed by atoms with E-state index in [9.17, 15) is 14.9 Å². The Bertz CT molecular complexity index is 509. The fourth-order valence-corrected chi connectivity index (χ4v) is 2.08. The quantitative estimate of drug-likeness (QED) is 0.458. The molecule has 0 aromatic carbocycles. The van der Waals surface area contributed by atoms with Crippen LogP contribution in [-0.2, 0) is 4.79 Å². The number of nitrogens with zero attached hydrogens (tertiary/aromatic N) is 4. The SMILES string of the molecule is C=CC(=O)N1CCN(c2ccncc2[N+](=O)[O-])CC1. The predicted molar refractivity (Wildman–Crippen MR) is 69.9 cm³/mol. The largest absolute Gasteiger partial charge is 0.362 e. The normalized spacial score (nSPS) is 15.2. The molecule has 100 valence electrons. The first-order chi connectivity index (χ1) is 9.13. The van der Waals surface area contributed by atoms with Crippen LogP contribution in [0.5, 0.6) is 0 Å². The first kappa shape index (κ1) is 13.0. The molecule has 1 fully saturated rings. The average molecular weight is 262 g/mol. The molecular formula is C12H14N4O3. The van der Waals surface area contributed by atoms with Gasteiger partial charge in [-0.05, 0) is 12.1 Å². The zero-order valence-electron chi connectivity index (χ0n) is 10.4. The number of piperazine rings is 1. The average Bonchev–Trinajstić information content (AvgIpc) is 2.46. The Morgan fingerprint density at radius 1 is 1.42 bits per heavy atom. The summed E-state index contributed by atoms with van der Waals surface area (Å²) in [4.78, 5) is 29.3. The molecule has 0 N–H and O–H groups in total. The van der Waals surface area contributed by atoms with Gasteiger partial charge in [-0.2, -0.15) is 0 Å². The third-order valence-corrected chi connectivity index (χ3v) is 3.08. The number of hydrogen-bond acceptors (Lipinski definition) is 5. The van der Waals surface area contributed by atoms with E-state index < -0.39 is 4.92 Å². The molecule has 1 amide bonds. The molecule has 19 heavy (non-hydrogen) atoms. The molecule has 7 nitrogen and oxygen atoms in total. The monoisotopic (exact) mass is 262 g/mol. The molecule has 1 aromatic rings. The summed E-state index contributed by atoms with van der Waals surface area (Å²) in [6, 6.07) is 1.63. The topological polar surface area (TPSA) is 79.6 Å². The van der Waals surface area contributed by atoms with E-state index in [-0.39, 0.29) is 11.6 Å². The third kappa shape index (κ3) is 2.70. The fourth-order valence-electron chi connectivity index (χ4n) is 2.08. The minimum Gasteiger partial charge on any atom is -0.362 e. The number of nitro groups is 1. The third-order valence-electron chi connectivity index (χ3n) is 3.08. The van der Waals surface area contributed by atoms with Crippen molar-refractivity contribution >= 4 is 17.3 Å². The van der Waals surface area contributed by atoms with Crippen LogP contribution < -0.4 is 4.90 Å². The van der Waals surface area contributed by atoms with Crippen molar-refractivity contribution in [3.05, 3.63) is 41.2 Å². The molecule has 0 atom stereocenters. The molecule has 1 aliphatic rings. The van der Waals surface area contributed by atoms with Gasteiger partial charge in [0.2, 0.25) is 5.91 Å². The Hall–Kier alpha value is -2.44. The van der Waals surface area contributed by atoms with Crippen molar-refractivity contribution in [3.8, 4) is 0 Å². The van der Waals surface area contributed by atoms with Crippen LogP contribution in [-0.4, -0.2) is 46.9 Å². The van der Waals surface area contributed by atoms with E-state index in [4.69, 9.17) is 0 Å². The zero-order valence-corrected chi connectivity index (χ0v) is 10.4. The van der Waals surface area contributed by atoms with Gasteiger partial charge in [0, 0.05) is 32.4 Å². The minimum atomic E-state index is -0.441. The van der Waals surface area contributed by atoms with Gasteiger partial charge in [0.15, 0.2) is 0 Å². The summed E-state index contributed by atoms with van der Waals surface area (Å²) in [5.74, 6) is -0.108. The van der Waals surface area contributed by atoms with Crippen molar-refractivity contribution in [3.63, 3.8) is 0 Å². The molecule has 0 unspecified atom stereocenters. The summed E-state index contributed by atoms with van der Waals surface area (Å²) in [5.41, 5.74) is 0.539. The van der Waals surface area contributed by atoms with Gasteiger partial charge in [-0.25, -0.2) is 0 Å². The van der Waals surface area contributed by atoms with Crippen molar-refractivity contribution in [1.82, 2.24) is 9.88 Å². The van der Waals surface area contributed by atoms with Gasteiger partial charge in [0.05, 0.1) is 4.92 Å². The number of pyridine rings is 1. The van der Waals surface area contributed by atoms with Crippen LogP contribution in [0, 0.1) is 10.1 Å². The van der Waals surface area contributed by atoms with Gasteiger partial charge in [-0.15, -0.1) is 0 Å². The van der Waals surface area contributed by atoms with Crippen molar-refractivity contribution in [1.29, 1.82) is 0 Å². The second-order valence-corrected chi connectivity index (χ2v) is 4.14. The Morgan fingerprint density at radius 2 is 2.11 bits per heavy atom. The summed E-state index contributed by atoms with van der Waals surface area (Å²) in [6.45, 7) is 5.63. The van der Waals surface area contributed by atoms with Gasteiger partial charge >= 0.3 is 5.69 Å². The van der Waals surface area contributed by atoms with Gasteiger partial charge in [-0.3, -0.25) is 19.9 Å². The number of hydrogen-bond donors (Lipinski definition) is 0. The second-order valence-electron chi connectivity index (χ2n) is 4.14. The lowest BCUT2D eigenvalue weighted by molar-refractivity contribution is -0.384. The Kier molecular flexibility index (Phi) is 3.74. The van der Waals surface area contributed by atoms with E-state index in [1.165, 1.54) is 18.5 Å². The highest BCUT2D eigenvalue weighted by Gasteiger charge is 2.24. The number of amides is 1. The summed E-state index contributed by atoms with van der Waals surface area (Å²) >= 11 is 0. The van der Waals surface area contributed by atoms with E-state index in [0.717, 1.165) is 0 Å². The Morgan fingerprint density at radius 3 is 2.68 bits per heavy atom. The zero-order chi connectivity index (χ0) is 13.8. The molecule has 1 aromatic heterocycles. The molecule has 7 heteroatoms. The van der Waals surface area contributed by atoms with E-state index >= 15 is 0 Å². The molecule has 1 aliphatic heterocycles. The molecule has 0 saturated carbocycles. The lowest BCUT2D eigenvalue weighted by Crippen LogP contribution is -2.48. The van der Waals surface area contributed by atoms with Gasteiger partial charge in [0.25, 0.3) is 0 Å². The highest BCUT2D eigenvalue weighted by Crippen LogP contribution is 2.27. The van der Waals surface area contributed by atoms with E-state index in [1.54, 1.807) is 11.0 Å².